The molecular formula is C8H17O4P. The summed E-state index contributed by atoms with van der Waals surface area (Å²) in [6.07, 6.45) is 0. The minimum Gasteiger partial charge on any atom is -0.396 e. The first kappa shape index (κ1) is 11.3. The van der Waals surface area contributed by atoms with Crippen LogP contribution in [0.1, 0.15) is 13.8 Å². The van der Waals surface area contributed by atoms with Gasteiger partial charge in [0.2, 0.25) is 0 Å². The third kappa shape index (κ3) is 2.86. The standard InChI is InChI=1S/C8H17O4P/c1-7(2)10-4-8(3-9,5-11-7)6-12-13/h9H,3-6,13H2,1-2H3. The number of rotatable bonds is 3. The van der Waals surface area contributed by atoms with Crippen LogP contribution in [0.15, 0.2) is 0 Å². The molecule has 0 saturated carbocycles. The Morgan fingerprint density at radius 2 is 1.92 bits per heavy atom. The van der Waals surface area contributed by atoms with E-state index in [2.05, 4.69) is 9.47 Å². The van der Waals surface area contributed by atoms with E-state index >= 15 is 0 Å². The lowest BCUT2D eigenvalue weighted by Crippen LogP contribution is -2.50. The van der Waals surface area contributed by atoms with Gasteiger partial charge in [-0.25, -0.2) is 0 Å². The molecule has 0 spiro atoms. The highest BCUT2D eigenvalue weighted by Gasteiger charge is 2.39. The SMILES string of the molecule is CC1(C)OCC(CO)(COP)CO1. The maximum Gasteiger partial charge on any atom is 0.162 e. The Morgan fingerprint density at radius 1 is 1.38 bits per heavy atom. The zero-order valence-corrected chi connectivity index (χ0v) is 9.23. The van der Waals surface area contributed by atoms with Crippen molar-refractivity contribution in [3.63, 3.8) is 0 Å². The summed E-state index contributed by atoms with van der Waals surface area (Å²) in [5, 5.41) is 9.19. The average molecular weight is 208 g/mol. The van der Waals surface area contributed by atoms with E-state index in [1.54, 1.807) is 0 Å². The lowest BCUT2D eigenvalue weighted by molar-refractivity contribution is -0.293. The minimum absolute atomic E-state index is 0.0114. The van der Waals surface area contributed by atoms with Gasteiger partial charge in [-0.05, 0) is 13.8 Å². The summed E-state index contributed by atoms with van der Waals surface area (Å²) in [7, 11) is 2.17. The Kier molecular flexibility index (Phi) is 3.66. The Morgan fingerprint density at radius 3 is 2.31 bits per heavy atom. The van der Waals surface area contributed by atoms with Gasteiger partial charge in [0, 0.05) is 9.47 Å². The number of hydrogen-bond donors (Lipinski definition) is 1. The van der Waals surface area contributed by atoms with Crippen LogP contribution < -0.4 is 0 Å². The molecule has 4 nitrogen and oxygen atoms in total. The van der Waals surface area contributed by atoms with Gasteiger partial charge in [-0.1, -0.05) is 0 Å². The van der Waals surface area contributed by atoms with E-state index in [1.807, 2.05) is 13.8 Å². The molecule has 0 radical (unpaired) electrons. The van der Waals surface area contributed by atoms with Crippen LogP contribution in [0.2, 0.25) is 0 Å². The summed E-state index contributed by atoms with van der Waals surface area (Å²) >= 11 is 0. The van der Waals surface area contributed by atoms with Gasteiger partial charge in [-0.2, -0.15) is 0 Å². The molecular weight excluding hydrogens is 191 g/mol. The molecule has 1 aliphatic rings. The van der Waals surface area contributed by atoms with Gasteiger partial charge < -0.3 is 19.1 Å². The molecule has 1 heterocycles. The summed E-state index contributed by atoms with van der Waals surface area (Å²) < 4.78 is 15.8. The van der Waals surface area contributed by atoms with Crippen molar-refractivity contribution in [1.29, 1.82) is 0 Å². The summed E-state index contributed by atoms with van der Waals surface area (Å²) in [6, 6.07) is 0. The van der Waals surface area contributed by atoms with Crippen LogP contribution >= 0.6 is 9.47 Å². The molecule has 0 bridgehead atoms. The predicted octanol–water partition coefficient (Wildman–Crippen LogP) is 0.555. The van der Waals surface area contributed by atoms with E-state index in [-0.39, 0.29) is 6.61 Å². The normalized spacial score (nSPS) is 25.8. The molecule has 1 aliphatic heterocycles. The summed E-state index contributed by atoms with van der Waals surface area (Å²) in [5.41, 5.74) is -0.405. The van der Waals surface area contributed by atoms with E-state index in [1.165, 1.54) is 0 Å². The Labute approximate surface area is 80.8 Å². The van der Waals surface area contributed by atoms with Crippen molar-refractivity contribution in [2.75, 3.05) is 26.4 Å². The van der Waals surface area contributed by atoms with E-state index < -0.39 is 11.2 Å². The smallest absolute Gasteiger partial charge is 0.162 e. The molecule has 1 fully saturated rings. The molecule has 1 rings (SSSR count). The molecule has 1 atom stereocenters. The first-order chi connectivity index (χ1) is 6.04. The molecule has 1 saturated heterocycles. The monoisotopic (exact) mass is 208 g/mol. The molecule has 0 aromatic carbocycles. The fourth-order valence-electron chi connectivity index (χ4n) is 1.13. The van der Waals surface area contributed by atoms with E-state index in [4.69, 9.17) is 14.0 Å². The van der Waals surface area contributed by atoms with E-state index in [0.29, 0.717) is 19.8 Å². The molecule has 0 aromatic heterocycles. The maximum absolute atomic E-state index is 9.19. The minimum atomic E-state index is -0.542. The summed E-state index contributed by atoms with van der Waals surface area (Å²) in [4.78, 5) is 0. The molecule has 0 aliphatic carbocycles. The van der Waals surface area contributed by atoms with Crippen molar-refractivity contribution in [1.82, 2.24) is 0 Å². The Balaban J connectivity index is 2.52. The highest BCUT2D eigenvalue weighted by molar-refractivity contribution is 7.09. The van der Waals surface area contributed by atoms with Crippen LogP contribution in [0.25, 0.3) is 0 Å². The maximum atomic E-state index is 9.19. The first-order valence-electron chi connectivity index (χ1n) is 4.24. The second kappa shape index (κ2) is 4.20. The van der Waals surface area contributed by atoms with Gasteiger partial charge in [0.25, 0.3) is 0 Å². The van der Waals surface area contributed by atoms with E-state index in [0.717, 1.165) is 0 Å². The van der Waals surface area contributed by atoms with Crippen molar-refractivity contribution in [2.24, 2.45) is 5.41 Å². The van der Waals surface area contributed by atoms with Gasteiger partial charge in [0.1, 0.15) is 0 Å². The third-order valence-corrected chi connectivity index (χ3v) is 2.34. The summed E-state index contributed by atoms with van der Waals surface area (Å²) in [6.45, 7) is 5.07. The molecule has 0 amide bonds. The molecule has 1 N–H and O–H groups in total. The van der Waals surface area contributed by atoms with Gasteiger partial charge in [0.05, 0.1) is 31.8 Å². The lowest BCUT2D eigenvalue weighted by Gasteiger charge is -2.41. The zero-order valence-electron chi connectivity index (χ0n) is 8.08. The van der Waals surface area contributed by atoms with Crippen LogP contribution in [0, 0.1) is 5.41 Å². The van der Waals surface area contributed by atoms with Gasteiger partial charge in [0.15, 0.2) is 5.79 Å². The molecule has 13 heavy (non-hydrogen) atoms. The van der Waals surface area contributed by atoms with Crippen molar-refractivity contribution < 1.29 is 19.1 Å². The van der Waals surface area contributed by atoms with Gasteiger partial charge >= 0.3 is 0 Å². The van der Waals surface area contributed by atoms with Crippen LogP contribution in [-0.2, 0) is 14.0 Å². The number of ether oxygens (including phenoxy) is 2. The Hall–Kier alpha value is 0.270. The zero-order chi connectivity index (χ0) is 9.95. The fraction of sp³-hybridized carbons (Fsp3) is 1.00. The topological polar surface area (TPSA) is 47.9 Å². The van der Waals surface area contributed by atoms with Crippen LogP contribution in [0.4, 0.5) is 0 Å². The molecule has 0 aromatic rings. The van der Waals surface area contributed by atoms with Crippen LogP contribution in [0.3, 0.4) is 0 Å². The van der Waals surface area contributed by atoms with Crippen LogP contribution in [-0.4, -0.2) is 37.3 Å². The fourth-order valence-corrected chi connectivity index (χ4v) is 1.49. The second-order valence-corrected chi connectivity index (χ2v) is 4.28. The summed E-state index contributed by atoms with van der Waals surface area (Å²) in [5.74, 6) is -0.542. The van der Waals surface area contributed by atoms with Gasteiger partial charge in [-0.3, -0.25) is 0 Å². The average Bonchev–Trinajstić information content (AvgIpc) is 2.10. The predicted molar refractivity (Wildman–Crippen MR) is 51.2 cm³/mol. The quantitative estimate of drug-likeness (QED) is 0.688. The first-order valence-corrected chi connectivity index (χ1v) is 4.71. The van der Waals surface area contributed by atoms with Crippen LogP contribution in [0.5, 0.6) is 0 Å². The number of hydrogen-bond acceptors (Lipinski definition) is 4. The lowest BCUT2D eigenvalue weighted by atomic mass is 9.91. The molecule has 5 heteroatoms. The second-order valence-electron chi connectivity index (χ2n) is 3.95. The highest BCUT2D eigenvalue weighted by atomic mass is 31.0. The van der Waals surface area contributed by atoms with Crippen molar-refractivity contribution >= 4 is 9.47 Å². The number of aliphatic hydroxyl groups is 1. The highest BCUT2D eigenvalue weighted by Crippen LogP contribution is 2.30. The third-order valence-electron chi connectivity index (χ3n) is 2.18. The van der Waals surface area contributed by atoms with Gasteiger partial charge in [-0.15, -0.1) is 0 Å². The largest absolute Gasteiger partial charge is 0.396 e. The Bertz CT molecular complexity index is 162. The van der Waals surface area contributed by atoms with Crippen molar-refractivity contribution in [2.45, 2.75) is 19.6 Å². The molecule has 78 valence electrons. The molecule has 1 unspecified atom stereocenters. The van der Waals surface area contributed by atoms with Crippen molar-refractivity contribution in [3.8, 4) is 0 Å². The van der Waals surface area contributed by atoms with E-state index in [9.17, 15) is 5.11 Å². The number of aliphatic hydroxyl groups excluding tert-OH is 1. The van der Waals surface area contributed by atoms with Crippen molar-refractivity contribution in [3.05, 3.63) is 0 Å².